The second-order valence-electron chi connectivity index (χ2n) is 7.22. The topological polar surface area (TPSA) is 81.0 Å². The van der Waals surface area contributed by atoms with E-state index in [2.05, 4.69) is 15.0 Å². The van der Waals surface area contributed by atoms with Gasteiger partial charge in [-0.2, -0.15) is 0 Å². The van der Waals surface area contributed by atoms with Gasteiger partial charge in [-0.15, -0.1) is 0 Å². The van der Waals surface area contributed by atoms with Crippen LogP contribution in [-0.2, 0) is 6.61 Å². The molecular weight excluding hydrogens is 426 g/mol. The predicted octanol–water partition coefficient (Wildman–Crippen LogP) is 5.79. The number of benzene rings is 3. The first-order valence-corrected chi connectivity index (χ1v) is 10.4. The van der Waals surface area contributed by atoms with Crippen LogP contribution in [0.15, 0.2) is 82.0 Å². The van der Waals surface area contributed by atoms with Crippen LogP contribution in [-0.4, -0.2) is 15.0 Å². The molecule has 0 bridgehead atoms. The molecule has 0 atom stereocenters. The van der Waals surface area contributed by atoms with Crippen molar-refractivity contribution in [2.45, 2.75) is 13.5 Å². The maximum Gasteiger partial charge on any atom is 0.259 e. The van der Waals surface area contributed by atoms with E-state index in [0.29, 0.717) is 50.4 Å². The minimum atomic E-state index is -0.197. The van der Waals surface area contributed by atoms with Crippen LogP contribution in [0.25, 0.3) is 33.7 Å². The fraction of sp³-hybridized carbons (Fsp3) is 0.0800. The Balaban J connectivity index is 1.45. The normalized spacial score (nSPS) is 11.1. The molecule has 6 nitrogen and oxygen atoms in total. The lowest BCUT2D eigenvalue weighted by Crippen LogP contribution is -2.10. The summed E-state index contributed by atoms with van der Waals surface area (Å²) in [5.41, 5.74) is 2.49. The minimum Gasteiger partial charge on any atom is -0.486 e. The van der Waals surface area contributed by atoms with E-state index >= 15 is 0 Å². The number of aromatic nitrogens is 3. The van der Waals surface area contributed by atoms with Crippen LogP contribution in [0.3, 0.4) is 0 Å². The van der Waals surface area contributed by atoms with Gasteiger partial charge in [-0.05, 0) is 43.3 Å². The maximum absolute atomic E-state index is 12.5. The summed E-state index contributed by atoms with van der Waals surface area (Å²) in [5, 5.41) is 1.11. The molecule has 5 aromatic rings. The predicted molar refractivity (Wildman–Crippen MR) is 124 cm³/mol. The Morgan fingerprint density at radius 3 is 2.50 bits per heavy atom. The lowest BCUT2D eigenvalue weighted by Gasteiger charge is -2.10. The van der Waals surface area contributed by atoms with Crippen LogP contribution >= 0.6 is 11.6 Å². The number of ether oxygens (including phenoxy) is 1. The lowest BCUT2D eigenvalue weighted by molar-refractivity contribution is 0.300. The fourth-order valence-electron chi connectivity index (χ4n) is 3.46. The summed E-state index contributed by atoms with van der Waals surface area (Å²) >= 11 is 6.27. The highest BCUT2D eigenvalue weighted by atomic mass is 35.5. The molecule has 0 aliphatic carbocycles. The van der Waals surface area contributed by atoms with Crippen LogP contribution in [0.2, 0.25) is 5.02 Å². The van der Waals surface area contributed by atoms with Crippen molar-refractivity contribution >= 4 is 22.5 Å². The number of halogens is 1. The Kier molecular flexibility index (Phi) is 5.21. The van der Waals surface area contributed by atoms with E-state index in [-0.39, 0.29) is 12.2 Å². The van der Waals surface area contributed by atoms with Gasteiger partial charge in [0.1, 0.15) is 29.6 Å². The first kappa shape index (κ1) is 20.0. The third-order valence-corrected chi connectivity index (χ3v) is 5.45. The molecule has 0 radical (unpaired) electrons. The number of hydrogen-bond donors (Lipinski definition) is 1. The van der Waals surface area contributed by atoms with Crippen molar-refractivity contribution < 1.29 is 9.15 Å². The van der Waals surface area contributed by atoms with Crippen LogP contribution < -0.4 is 10.3 Å². The molecule has 0 fully saturated rings. The van der Waals surface area contributed by atoms with Crippen molar-refractivity contribution in [2.75, 3.05) is 0 Å². The smallest absolute Gasteiger partial charge is 0.259 e. The Bertz CT molecular complexity index is 1490. The molecule has 0 saturated carbocycles. The largest absolute Gasteiger partial charge is 0.486 e. The first-order chi connectivity index (χ1) is 15.6. The molecule has 0 unspecified atom stereocenters. The lowest BCUT2D eigenvalue weighted by atomic mass is 10.1. The maximum atomic E-state index is 12.5. The molecular formula is C25H18ClN3O3. The van der Waals surface area contributed by atoms with Gasteiger partial charge in [-0.1, -0.05) is 48.0 Å². The summed E-state index contributed by atoms with van der Waals surface area (Å²) in [4.78, 5) is 24.5. The highest BCUT2D eigenvalue weighted by Crippen LogP contribution is 2.31. The molecule has 0 amide bonds. The van der Waals surface area contributed by atoms with Gasteiger partial charge in [0.05, 0.1) is 27.1 Å². The van der Waals surface area contributed by atoms with Gasteiger partial charge in [0.15, 0.2) is 0 Å². The summed E-state index contributed by atoms with van der Waals surface area (Å²) < 4.78 is 11.9. The van der Waals surface area contributed by atoms with Crippen molar-refractivity contribution in [1.82, 2.24) is 15.0 Å². The average molecular weight is 444 g/mol. The van der Waals surface area contributed by atoms with Crippen molar-refractivity contribution in [3.8, 4) is 28.6 Å². The molecule has 2 heterocycles. The van der Waals surface area contributed by atoms with Gasteiger partial charge in [-0.3, -0.25) is 4.79 Å². The standard InChI is InChI=1S/C25H18ClN3O3/c1-15-21(28-25(32-15)16-8-2-5-11-19(16)26)14-31-22-13-7-4-10-18(22)23-27-20-12-6-3-9-17(20)24(30)29-23/h2-13H,14H2,1H3,(H,27,29,30). The number of fused-ring (bicyclic) bond motifs is 1. The zero-order valence-electron chi connectivity index (χ0n) is 17.1. The van der Waals surface area contributed by atoms with Gasteiger partial charge in [-0.25, -0.2) is 9.97 Å². The summed E-state index contributed by atoms with van der Waals surface area (Å²) in [5.74, 6) is 2.11. The Labute approximate surface area is 188 Å². The highest BCUT2D eigenvalue weighted by Gasteiger charge is 2.16. The summed E-state index contributed by atoms with van der Waals surface area (Å²) in [6.07, 6.45) is 0. The number of H-pyrrole nitrogens is 1. The van der Waals surface area contributed by atoms with Gasteiger partial charge in [0, 0.05) is 0 Å². The average Bonchev–Trinajstić information content (AvgIpc) is 3.18. The zero-order valence-corrected chi connectivity index (χ0v) is 17.9. The fourth-order valence-corrected chi connectivity index (χ4v) is 3.68. The zero-order chi connectivity index (χ0) is 22.1. The Hall–Kier alpha value is -3.90. The molecule has 3 aromatic carbocycles. The van der Waals surface area contributed by atoms with Crippen molar-refractivity contribution in [3.63, 3.8) is 0 Å². The SMILES string of the molecule is Cc1oc(-c2ccccc2Cl)nc1COc1ccccc1-c1nc2ccccc2c(=O)[nH]1. The second kappa shape index (κ2) is 8.32. The Morgan fingerprint density at radius 1 is 0.938 bits per heavy atom. The molecule has 5 rings (SSSR count). The molecule has 0 aliphatic heterocycles. The highest BCUT2D eigenvalue weighted by molar-refractivity contribution is 6.33. The number of aromatic amines is 1. The number of oxazole rings is 1. The number of nitrogens with zero attached hydrogens (tertiary/aromatic N) is 2. The van der Waals surface area contributed by atoms with E-state index in [9.17, 15) is 4.79 Å². The minimum absolute atomic E-state index is 0.189. The van der Waals surface area contributed by atoms with Crippen molar-refractivity contribution in [1.29, 1.82) is 0 Å². The van der Waals surface area contributed by atoms with E-state index in [1.54, 1.807) is 12.1 Å². The van der Waals surface area contributed by atoms with E-state index < -0.39 is 0 Å². The molecule has 0 aliphatic rings. The van der Waals surface area contributed by atoms with Crippen LogP contribution in [0.1, 0.15) is 11.5 Å². The van der Waals surface area contributed by atoms with Gasteiger partial charge < -0.3 is 14.1 Å². The monoisotopic (exact) mass is 443 g/mol. The number of aryl methyl sites for hydroxylation is 1. The van der Waals surface area contributed by atoms with E-state index in [1.165, 1.54) is 0 Å². The summed E-state index contributed by atoms with van der Waals surface area (Å²) in [6, 6.07) is 22.0. The third kappa shape index (κ3) is 3.76. The van der Waals surface area contributed by atoms with Crippen molar-refractivity contribution in [3.05, 3.63) is 99.6 Å². The number of rotatable bonds is 5. The molecule has 2 aromatic heterocycles. The van der Waals surface area contributed by atoms with Crippen LogP contribution in [0.4, 0.5) is 0 Å². The molecule has 7 heteroatoms. The van der Waals surface area contributed by atoms with Crippen LogP contribution in [0.5, 0.6) is 5.75 Å². The van der Waals surface area contributed by atoms with E-state index in [4.69, 9.17) is 20.8 Å². The Morgan fingerprint density at radius 2 is 1.66 bits per heavy atom. The van der Waals surface area contributed by atoms with Gasteiger partial charge in [0.25, 0.3) is 5.56 Å². The van der Waals surface area contributed by atoms with Crippen LogP contribution in [0, 0.1) is 6.92 Å². The molecule has 0 spiro atoms. The summed E-state index contributed by atoms with van der Waals surface area (Å²) in [6.45, 7) is 2.02. The molecule has 32 heavy (non-hydrogen) atoms. The quantitative estimate of drug-likeness (QED) is 0.372. The number of nitrogens with one attached hydrogen (secondary N) is 1. The van der Waals surface area contributed by atoms with Crippen molar-refractivity contribution in [2.24, 2.45) is 0 Å². The van der Waals surface area contributed by atoms with Gasteiger partial charge >= 0.3 is 0 Å². The number of hydrogen-bond acceptors (Lipinski definition) is 5. The summed E-state index contributed by atoms with van der Waals surface area (Å²) in [7, 11) is 0. The second-order valence-corrected chi connectivity index (χ2v) is 7.63. The third-order valence-electron chi connectivity index (χ3n) is 5.12. The first-order valence-electron chi connectivity index (χ1n) is 10.0. The molecule has 158 valence electrons. The van der Waals surface area contributed by atoms with Gasteiger partial charge in [0.2, 0.25) is 5.89 Å². The van der Waals surface area contributed by atoms with E-state index in [1.807, 2.05) is 67.6 Å². The number of para-hydroxylation sites is 2. The van der Waals surface area contributed by atoms with E-state index in [0.717, 1.165) is 5.56 Å². The molecule has 0 saturated heterocycles. The molecule has 1 N–H and O–H groups in total.